The normalized spacial score (nSPS) is 24.0. The predicted octanol–water partition coefficient (Wildman–Crippen LogP) is -0.0872. The first-order valence-electron chi connectivity index (χ1n) is 2.74. The highest BCUT2D eigenvalue weighted by molar-refractivity contribution is 8.00. The Bertz CT molecular complexity index is 97.6. The van der Waals surface area contributed by atoms with Gasteiger partial charge in [-0.25, -0.2) is 0 Å². The Morgan fingerprint density at radius 2 is 2.11 bits per heavy atom. The first-order chi connectivity index (χ1) is 4.21. The molecule has 1 aliphatic heterocycles. The van der Waals surface area contributed by atoms with Crippen molar-refractivity contribution in [2.24, 2.45) is 11.1 Å². The third-order valence-corrected chi connectivity index (χ3v) is 3.14. The van der Waals surface area contributed by atoms with Crippen LogP contribution in [-0.2, 0) is 0 Å². The minimum Gasteiger partial charge on any atom is -0.361 e. The van der Waals surface area contributed by atoms with E-state index in [1.165, 1.54) is 0 Å². The Labute approximate surface area is 58.2 Å². The summed E-state index contributed by atoms with van der Waals surface area (Å²) in [6, 6.07) is 0. The first-order valence-corrected chi connectivity index (χ1v) is 3.90. The van der Waals surface area contributed by atoms with Crippen molar-refractivity contribution in [2.75, 3.05) is 18.1 Å². The molecule has 4 N–H and O–H groups in total. The lowest BCUT2D eigenvalue weighted by Gasteiger charge is -2.40. The van der Waals surface area contributed by atoms with E-state index in [2.05, 4.69) is 0 Å². The van der Waals surface area contributed by atoms with Crippen LogP contribution in [0.5, 0.6) is 0 Å². The van der Waals surface area contributed by atoms with E-state index in [9.17, 15) is 0 Å². The van der Waals surface area contributed by atoms with Crippen molar-refractivity contribution in [2.45, 2.75) is 0 Å². The molecule has 3 nitrogen and oxygen atoms in total. The summed E-state index contributed by atoms with van der Waals surface area (Å²) >= 11 is 1.68. The Morgan fingerprint density at radius 1 is 1.56 bits per heavy atom. The summed E-state index contributed by atoms with van der Waals surface area (Å²) in [6.45, 7) is 0.336. The number of aliphatic hydroxyl groups is 2. The number of rotatable bonds is 2. The SMILES string of the molecule is NCC1([C](O)O)CSC1. The average molecular weight is 148 g/mol. The van der Waals surface area contributed by atoms with E-state index >= 15 is 0 Å². The maximum absolute atomic E-state index is 8.70. The van der Waals surface area contributed by atoms with E-state index < -0.39 is 11.7 Å². The Hall–Kier alpha value is 0.230. The van der Waals surface area contributed by atoms with Crippen LogP contribution >= 0.6 is 11.8 Å². The van der Waals surface area contributed by atoms with E-state index in [-0.39, 0.29) is 0 Å². The van der Waals surface area contributed by atoms with Gasteiger partial charge in [-0.3, -0.25) is 0 Å². The van der Waals surface area contributed by atoms with Crippen LogP contribution in [0.1, 0.15) is 0 Å². The van der Waals surface area contributed by atoms with Crippen LogP contribution in [0.4, 0.5) is 0 Å². The molecule has 0 unspecified atom stereocenters. The molecule has 53 valence electrons. The fraction of sp³-hybridized carbons (Fsp3) is 0.800. The summed E-state index contributed by atoms with van der Waals surface area (Å²) in [4.78, 5) is 0. The average Bonchev–Trinajstić information content (AvgIpc) is 1.62. The maximum Gasteiger partial charge on any atom is 0.227 e. The summed E-state index contributed by atoms with van der Waals surface area (Å²) < 4.78 is 0. The lowest BCUT2D eigenvalue weighted by atomic mass is 9.91. The molecule has 0 aromatic carbocycles. The predicted molar refractivity (Wildman–Crippen MR) is 35.9 cm³/mol. The van der Waals surface area contributed by atoms with Gasteiger partial charge in [0.2, 0.25) is 6.29 Å². The van der Waals surface area contributed by atoms with E-state index in [0.29, 0.717) is 6.54 Å². The van der Waals surface area contributed by atoms with Gasteiger partial charge in [0.05, 0.1) is 5.41 Å². The molecule has 1 heterocycles. The molecule has 0 aliphatic carbocycles. The number of aliphatic hydroxyl groups excluding tert-OH is 1. The smallest absolute Gasteiger partial charge is 0.227 e. The monoisotopic (exact) mass is 148 g/mol. The largest absolute Gasteiger partial charge is 0.361 e. The van der Waals surface area contributed by atoms with E-state index in [1.807, 2.05) is 0 Å². The standard InChI is InChI=1S/C5H10NO2S/c6-1-5(4(7)8)2-9-3-5/h7-8H,1-3,6H2. The Morgan fingerprint density at radius 3 is 2.11 bits per heavy atom. The third kappa shape index (κ3) is 1.08. The summed E-state index contributed by atoms with van der Waals surface area (Å²) in [5.74, 6) is 1.48. The second-order valence-corrected chi connectivity index (χ2v) is 3.29. The van der Waals surface area contributed by atoms with Gasteiger partial charge in [-0.15, -0.1) is 0 Å². The highest BCUT2D eigenvalue weighted by Crippen LogP contribution is 2.41. The summed E-state index contributed by atoms with van der Waals surface area (Å²) in [7, 11) is 0. The summed E-state index contributed by atoms with van der Waals surface area (Å²) in [6.07, 6.45) is -0.497. The van der Waals surface area contributed by atoms with Crippen LogP contribution in [0.15, 0.2) is 0 Å². The van der Waals surface area contributed by atoms with Gasteiger partial charge in [0.15, 0.2) is 0 Å². The van der Waals surface area contributed by atoms with E-state index in [1.54, 1.807) is 11.8 Å². The molecular formula is C5H10NO2S. The third-order valence-electron chi connectivity index (χ3n) is 1.62. The zero-order valence-corrected chi connectivity index (χ0v) is 5.82. The molecular weight excluding hydrogens is 138 g/mol. The molecule has 1 aliphatic rings. The van der Waals surface area contributed by atoms with Gasteiger partial charge >= 0.3 is 0 Å². The highest BCUT2D eigenvalue weighted by Gasteiger charge is 2.43. The van der Waals surface area contributed by atoms with Gasteiger partial charge in [0.1, 0.15) is 0 Å². The van der Waals surface area contributed by atoms with Crippen LogP contribution in [-0.4, -0.2) is 28.3 Å². The lowest BCUT2D eigenvalue weighted by molar-refractivity contribution is -0.00292. The summed E-state index contributed by atoms with van der Waals surface area (Å²) in [5, 5.41) is 17.4. The van der Waals surface area contributed by atoms with Crippen LogP contribution in [0, 0.1) is 11.7 Å². The first kappa shape index (κ1) is 7.34. The van der Waals surface area contributed by atoms with Gasteiger partial charge in [-0.1, -0.05) is 0 Å². The van der Waals surface area contributed by atoms with Crippen LogP contribution < -0.4 is 5.73 Å². The maximum atomic E-state index is 8.70. The Kier molecular flexibility index (Phi) is 2.00. The lowest BCUT2D eigenvalue weighted by Crippen LogP contribution is -2.47. The quantitative estimate of drug-likeness (QED) is 0.512. The van der Waals surface area contributed by atoms with Crippen LogP contribution in [0.2, 0.25) is 0 Å². The molecule has 9 heavy (non-hydrogen) atoms. The zero-order chi connectivity index (χ0) is 6.91. The number of thioether (sulfide) groups is 1. The minimum absolute atomic E-state index is 0.336. The van der Waals surface area contributed by atoms with Crippen molar-refractivity contribution >= 4 is 11.8 Å². The molecule has 1 fully saturated rings. The topological polar surface area (TPSA) is 66.5 Å². The number of hydrogen-bond donors (Lipinski definition) is 3. The molecule has 1 rings (SSSR count). The summed E-state index contributed by atoms with van der Waals surface area (Å²) in [5.41, 5.74) is 4.85. The van der Waals surface area contributed by atoms with Gasteiger partial charge < -0.3 is 15.9 Å². The number of hydrogen-bond acceptors (Lipinski definition) is 4. The van der Waals surface area contributed by atoms with Gasteiger partial charge in [-0.2, -0.15) is 11.8 Å². The molecule has 0 aromatic heterocycles. The van der Waals surface area contributed by atoms with Crippen molar-refractivity contribution in [1.29, 1.82) is 0 Å². The Balaban J connectivity index is 2.46. The molecule has 1 radical (unpaired) electrons. The van der Waals surface area contributed by atoms with Gasteiger partial charge in [0, 0.05) is 18.1 Å². The fourth-order valence-electron chi connectivity index (χ4n) is 0.687. The van der Waals surface area contributed by atoms with Crippen LogP contribution in [0.3, 0.4) is 0 Å². The van der Waals surface area contributed by atoms with Crippen molar-refractivity contribution in [3.63, 3.8) is 0 Å². The second kappa shape index (κ2) is 2.46. The van der Waals surface area contributed by atoms with Crippen molar-refractivity contribution in [1.82, 2.24) is 0 Å². The van der Waals surface area contributed by atoms with Crippen molar-refractivity contribution in [3.8, 4) is 0 Å². The van der Waals surface area contributed by atoms with Crippen molar-refractivity contribution < 1.29 is 10.2 Å². The fourth-order valence-corrected chi connectivity index (χ4v) is 1.88. The van der Waals surface area contributed by atoms with Gasteiger partial charge in [0.25, 0.3) is 0 Å². The molecule has 4 heteroatoms. The van der Waals surface area contributed by atoms with E-state index in [4.69, 9.17) is 15.9 Å². The molecule has 0 spiro atoms. The molecule has 0 aromatic rings. The molecule has 0 saturated carbocycles. The molecule has 1 saturated heterocycles. The van der Waals surface area contributed by atoms with Crippen molar-refractivity contribution in [3.05, 3.63) is 6.29 Å². The second-order valence-electron chi connectivity index (χ2n) is 2.30. The molecule has 0 bridgehead atoms. The van der Waals surface area contributed by atoms with Gasteiger partial charge in [-0.05, 0) is 0 Å². The number of nitrogens with two attached hydrogens (primary N) is 1. The zero-order valence-electron chi connectivity index (χ0n) is 5.00. The molecule has 0 amide bonds. The molecule has 0 atom stereocenters. The highest BCUT2D eigenvalue weighted by atomic mass is 32.2. The minimum atomic E-state index is -0.497. The van der Waals surface area contributed by atoms with E-state index in [0.717, 1.165) is 11.5 Å². The van der Waals surface area contributed by atoms with Crippen LogP contribution in [0.25, 0.3) is 0 Å².